The summed E-state index contributed by atoms with van der Waals surface area (Å²) in [7, 11) is -10.8. The number of anilines is 1. The van der Waals surface area contributed by atoms with E-state index in [4.69, 9.17) is 30.0 Å². The molecule has 23 heteroatoms. The first-order chi connectivity index (χ1) is 23.6. The molecule has 4 unspecified atom stereocenters. The molecule has 2 aliphatic heterocycles. The average molecular weight is 764 g/mol. The van der Waals surface area contributed by atoms with Gasteiger partial charge in [0.15, 0.2) is 35.5 Å². The van der Waals surface area contributed by atoms with Crippen LogP contribution in [0, 0.1) is 0 Å². The molecule has 6 rings (SSSR count). The zero-order valence-electron chi connectivity index (χ0n) is 26.1. The van der Waals surface area contributed by atoms with E-state index < -0.39 is 83.8 Å². The number of aliphatic hydroxyl groups excluding tert-OH is 4. The zero-order chi connectivity index (χ0) is 36.0. The van der Waals surface area contributed by atoms with Gasteiger partial charge in [0, 0.05) is 17.5 Å². The fraction of sp³-hybridized carbons (Fsp3) is 0.556. The average Bonchev–Trinajstić information content (AvgIpc) is 3.83. The highest BCUT2D eigenvalue weighted by atomic mass is 32.2. The summed E-state index contributed by atoms with van der Waals surface area (Å²) >= 11 is 1.46. The van der Waals surface area contributed by atoms with Gasteiger partial charge in [0.2, 0.25) is 0 Å². The fourth-order valence-electron chi connectivity index (χ4n) is 5.96. The van der Waals surface area contributed by atoms with Gasteiger partial charge >= 0.3 is 15.6 Å². The largest absolute Gasteiger partial charge is 0.481 e. The second-order valence-corrected chi connectivity index (χ2v) is 16.3. The molecule has 20 nitrogen and oxygen atoms in total. The van der Waals surface area contributed by atoms with Crippen LogP contribution in [0.25, 0.3) is 11.2 Å². The number of fused-ring (bicyclic) bond motifs is 1. The van der Waals surface area contributed by atoms with Crippen LogP contribution in [0.1, 0.15) is 48.5 Å². The van der Waals surface area contributed by atoms with Crippen molar-refractivity contribution in [3.63, 3.8) is 0 Å². The standard InChI is InChI=1S/C27H36N6O14P2S/c28-15-7-8-30-24-18(15)31-27(50-14-5-1-2-6-14)33(24)26-22(37)20(35)17(46-26)12-44-49(41,42)47-48(39,40)43-11-16-19(34)21(36)25(45-16)32-9-3-4-13(10-32)23(29)38/h3-4,7-10,14,16-17,19-22,25-26,34-37H,1-2,5-6,11-12H2,(H5-,28,29,30,38,39,40,41,42)/p+1/t16-,17+,19?,20-,21+,22?,25-,26+/m0/s1. The Morgan fingerprint density at radius 1 is 1.00 bits per heavy atom. The highest BCUT2D eigenvalue weighted by Crippen LogP contribution is 2.61. The molecule has 5 heterocycles. The SMILES string of the molecule is NC(=O)c1ccc[n+]([C@H]2O[C@@H](COP(=O)(O)OP(=O)(O)OC[C@H]3O[C@@H](n4c(SC5CCCC5)nc5c(N)ccnc54)C(O)[C@H]3O)C(O)[C@H]2O)c1. The summed E-state index contributed by atoms with van der Waals surface area (Å²) in [6, 6.07) is 4.42. The molecule has 0 radical (unpaired) electrons. The number of pyridine rings is 2. The van der Waals surface area contributed by atoms with Crippen LogP contribution < -0.4 is 16.0 Å². The topological polar surface area (TPSA) is 305 Å². The van der Waals surface area contributed by atoms with Crippen LogP contribution in [0.5, 0.6) is 0 Å². The molecule has 0 bridgehead atoms. The number of phosphoric acid groups is 2. The Balaban J connectivity index is 1.07. The molecule has 2 saturated heterocycles. The van der Waals surface area contributed by atoms with E-state index in [0.717, 1.165) is 25.7 Å². The summed E-state index contributed by atoms with van der Waals surface area (Å²) < 4.78 is 53.4. The van der Waals surface area contributed by atoms with Gasteiger partial charge in [-0.25, -0.2) is 19.1 Å². The smallest absolute Gasteiger partial charge is 0.397 e. The maximum absolute atomic E-state index is 12.7. The van der Waals surface area contributed by atoms with E-state index in [1.165, 1.54) is 51.6 Å². The second-order valence-electron chi connectivity index (χ2n) is 12.0. The van der Waals surface area contributed by atoms with Crippen molar-refractivity contribution in [3.8, 4) is 0 Å². The zero-order valence-corrected chi connectivity index (χ0v) is 28.7. The van der Waals surface area contributed by atoms with Crippen LogP contribution >= 0.6 is 27.4 Å². The van der Waals surface area contributed by atoms with Gasteiger partial charge in [-0.3, -0.25) is 18.4 Å². The number of carbonyl (C=O) groups excluding carboxylic acids is 1. The second kappa shape index (κ2) is 14.8. The van der Waals surface area contributed by atoms with Crippen LogP contribution in [0.15, 0.2) is 41.9 Å². The monoisotopic (exact) mass is 763 g/mol. The summed E-state index contributed by atoms with van der Waals surface area (Å²) in [5.74, 6) is -0.760. The van der Waals surface area contributed by atoms with Crippen molar-refractivity contribution < 1.29 is 71.5 Å². The van der Waals surface area contributed by atoms with Crippen molar-refractivity contribution in [2.45, 2.75) is 85.2 Å². The number of nitrogen functional groups attached to an aromatic ring is 1. The van der Waals surface area contributed by atoms with Gasteiger partial charge in [-0.05, 0) is 25.0 Å². The molecule has 0 aromatic carbocycles. The van der Waals surface area contributed by atoms with Crippen molar-refractivity contribution >= 4 is 50.2 Å². The lowest BCUT2D eigenvalue weighted by atomic mass is 10.1. The molecule has 1 aliphatic carbocycles. The number of rotatable bonds is 13. The molecule has 0 spiro atoms. The van der Waals surface area contributed by atoms with E-state index in [-0.39, 0.29) is 16.5 Å². The van der Waals surface area contributed by atoms with Crippen LogP contribution in [0.4, 0.5) is 5.69 Å². The van der Waals surface area contributed by atoms with E-state index in [1.54, 1.807) is 6.07 Å². The van der Waals surface area contributed by atoms with Crippen LogP contribution in [0.3, 0.4) is 0 Å². The Morgan fingerprint density at radius 3 is 2.30 bits per heavy atom. The van der Waals surface area contributed by atoms with E-state index in [0.29, 0.717) is 16.4 Å². The third kappa shape index (κ3) is 7.91. The summed E-state index contributed by atoms with van der Waals surface area (Å²) in [6.45, 7) is -1.77. The lowest BCUT2D eigenvalue weighted by Crippen LogP contribution is -2.46. The number of hydrogen-bond acceptors (Lipinski definition) is 16. The molecule has 50 heavy (non-hydrogen) atoms. The van der Waals surface area contributed by atoms with Crippen molar-refractivity contribution in [3.05, 3.63) is 42.4 Å². The predicted octanol–water partition coefficient (Wildman–Crippen LogP) is -0.376. The van der Waals surface area contributed by atoms with Gasteiger partial charge in [0.05, 0.1) is 18.9 Å². The molecule has 3 aromatic heterocycles. The number of aromatic nitrogens is 4. The van der Waals surface area contributed by atoms with Crippen LogP contribution in [-0.4, -0.2) is 106 Å². The Morgan fingerprint density at radius 2 is 1.64 bits per heavy atom. The van der Waals surface area contributed by atoms with Gasteiger partial charge in [-0.1, -0.05) is 24.6 Å². The lowest BCUT2D eigenvalue weighted by Gasteiger charge is -2.21. The first-order valence-electron chi connectivity index (χ1n) is 15.4. The minimum Gasteiger partial charge on any atom is -0.397 e. The normalized spacial score (nSPS) is 31.2. The Kier molecular flexibility index (Phi) is 11.0. The Labute approximate surface area is 288 Å². The number of carbonyl (C=O) groups is 1. The van der Waals surface area contributed by atoms with Gasteiger partial charge in [0.25, 0.3) is 12.1 Å². The Bertz CT molecular complexity index is 1820. The number of amides is 1. The summed E-state index contributed by atoms with van der Waals surface area (Å²) in [6.07, 6.45) is -3.67. The number of phosphoric ester groups is 2. The first kappa shape index (κ1) is 37.2. The first-order valence-corrected chi connectivity index (χ1v) is 19.3. The summed E-state index contributed by atoms with van der Waals surface area (Å²) in [5.41, 5.74) is 12.5. The number of thioether (sulfide) groups is 1. The number of nitrogens with two attached hydrogens (primary N) is 2. The predicted molar refractivity (Wildman–Crippen MR) is 170 cm³/mol. The summed E-state index contributed by atoms with van der Waals surface area (Å²) in [4.78, 5) is 40.9. The minimum absolute atomic E-state index is 0.0745. The maximum Gasteiger partial charge on any atom is 0.481 e. The molecule has 10 N–H and O–H groups in total. The third-order valence-electron chi connectivity index (χ3n) is 8.49. The van der Waals surface area contributed by atoms with Gasteiger partial charge < -0.3 is 51.2 Å². The van der Waals surface area contributed by atoms with Gasteiger partial charge in [-0.15, -0.1) is 0 Å². The number of nitrogens with zero attached hydrogens (tertiary/aromatic N) is 4. The lowest BCUT2D eigenvalue weighted by molar-refractivity contribution is -0.765. The van der Waals surface area contributed by atoms with Crippen molar-refractivity contribution in [2.75, 3.05) is 18.9 Å². The minimum atomic E-state index is -5.40. The molecule has 3 aromatic rings. The number of aliphatic hydroxyl groups is 4. The number of hydrogen-bond donors (Lipinski definition) is 8. The number of primary amides is 1. The van der Waals surface area contributed by atoms with E-state index in [1.807, 2.05) is 0 Å². The molecule has 3 aliphatic rings. The molecule has 1 saturated carbocycles. The maximum atomic E-state index is 12.7. The van der Waals surface area contributed by atoms with E-state index in [9.17, 15) is 44.1 Å². The molecule has 1 amide bonds. The van der Waals surface area contributed by atoms with Crippen molar-refractivity contribution in [1.29, 1.82) is 0 Å². The van der Waals surface area contributed by atoms with Crippen molar-refractivity contribution in [1.82, 2.24) is 14.5 Å². The molecule has 3 fully saturated rings. The molecule has 10 atom stereocenters. The van der Waals surface area contributed by atoms with E-state index >= 15 is 0 Å². The molecular formula is C27H37N6O14P2S+. The number of imidazole rings is 1. The van der Waals surface area contributed by atoms with E-state index in [2.05, 4.69) is 14.3 Å². The quantitative estimate of drug-likeness (QED) is 0.0813. The van der Waals surface area contributed by atoms with Crippen LogP contribution in [-0.2, 0) is 32.0 Å². The van der Waals surface area contributed by atoms with Crippen molar-refractivity contribution in [2.24, 2.45) is 5.73 Å². The highest BCUT2D eigenvalue weighted by molar-refractivity contribution is 7.99. The third-order valence-corrected chi connectivity index (χ3v) is 12.4. The fourth-order valence-corrected chi connectivity index (χ4v) is 9.37. The van der Waals surface area contributed by atoms with Gasteiger partial charge in [0.1, 0.15) is 41.6 Å². The molecule has 274 valence electrons. The highest BCUT2D eigenvalue weighted by Gasteiger charge is 2.50. The van der Waals surface area contributed by atoms with Crippen LogP contribution in [0.2, 0.25) is 0 Å². The summed E-state index contributed by atoms with van der Waals surface area (Å²) in [5, 5.41) is 43.4. The van der Waals surface area contributed by atoms with Gasteiger partial charge in [-0.2, -0.15) is 8.88 Å². The Hall–Kier alpha value is -2.59. The number of ether oxygens (including phenoxy) is 2. The molecular weight excluding hydrogens is 726 g/mol.